The molecule has 0 aliphatic rings. The van der Waals surface area contributed by atoms with Crippen LogP contribution in [0.4, 0.5) is 4.39 Å². The van der Waals surface area contributed by atoms with E-state index in [4.69, 9.17) is 20.8 Å². The van der Waals surface area contributed by atoms with Gasteiger partial charge >= 0.3 is 0 Å². The summed E-state index contributed by atoms with van der Waals surface area (Å²) in [6, 6.07) is 6.17. The molecule has 114 valence electrons. The first-order chi connectivity index (χ1) is 9.85. The second-order valence-electron chi connectivity index (χ2n) is 5.84. The van der Waals surface area contributed by atoms with E-state index in [0.29, 0.717) is 18.9 Å². The Bertz CT molecular complexity index is 605. The third kappa shape index (κ3) is 4.76. The Morgan fingerprint density at radius 2 is 2.05 bits per heavy atom. The topological polar surface area (TPSA) is 34.4 Å². The molecular formula is C16H19ClFNO2. The molecule has 0 bridgehead atoms. The average Bonchev–Trinajstić information content (AvgIpc) is 2.84. The van der Waals surface area contributed by atoms with Crippen LogP contribution in [0, 0.1) is 5.82 Å². The maximum absolute atomic E-state index is 13.1. The lowest BCUT2D eigenvalue weighted by Crippen LogP contribution is -2.35. The van der Waals surface area contributed by atoms with E-state index in [1.165, 1.54) is 12.1 Å². The van der Waals surface area contributed by atoms with Gasteiger partial charge in [-0.2, -0.15) is 0 Å². The Labute approximate surface area is 129 Å². The lowest BCUT2D eigenvalue weighted by Gasteiger charge is -2.20. The molecule has 5 heteroatoms. The maximum Gasteiger partial charge on any atom is 0.142 e. The first-order valence-electron chi connectivity index (χ1n) is 6.73. The number of ether oxygens (including phenoxy) is 1. The Morgan fingerprint density at radius 1 is 1.29 bits per heavy atom. The van der Waals surface area contributed by atoms with Gasteiger partial charge in [-0.3, -0.25) is 0 Å². The van der Waals surface area contributed by atoms with Gasteiger partial charge in [-0.05, 0) is 39.0 Å². The molecule has 1 heterocycles. The van der Waals surface area contributed by atoms with Gasteiger partial charge < -0.3 is 14.5 Å². The van der Waals surface area contributed by atoms with Gasteiger partial charge in [-0.1, -0.05) is 11.6 Å². The summed E-state index contributed by atoms with van der Waals surface area (Å²) in [4.78, 5) is 0. The fourth-order valence-electron chi connectivity index (χ4n) is 1.72. The molecule has 3 nitrogen and oxygen atoms in total. The molecule has 0 saturated heterocycles. The Balaban J connectivity index is 1.97. The summed E-state index contributed by atoms with van der Waals surface area (Å²) in [5.41, 5.74) is 0.960. The highest BCUT2D eigenvalue weighted by Gasteiger charge is 2.13. The van der Waals surface area contributed by atoms with Crippen molar-refractivity contribution in [1.29, 1.82) is 0 Å². The van der Waals surface area contributed by atoms with Crippen molar-refractivity contribution in [3.05, 3.63) is 52.7 Å². The number of nitrogens with one attached hydrogen (secondary N) is 1. The molecule has 0 unspecified atom stereocenters. The molecule has 0 saturated carbocycles. The van der Waals surface area contributed by atoms with E-state index in [9.17, 15) is 4.39 Å². The molecule has 0 atom stereocenters. The van der Waals surface area contributed by atoms with Crippen molar-refractivity contribution in [2.75, 3.05) is 0 Å². The highest BCUT2D eigenvalue weighted by molar-refractivity contribution is 6.30. The van der Waals surface area contributed by atoms with Crippen LogP contribution >= 0.6 is 11.6 Å². The Morgan fingerprint density at radius 3 is 2.71 bits per heavy atom. The number of hydrogen-bond acceptors (Lipinski definition) is 3. The number of halogens is 2. The van der Waals surface area contributed by atoms with E-state index in [1.807, 2.05) is 6.07 Å². The zero-order chi connectivity index (χ0) is 15.5. The van der Waals surface area contributed by atoms with Gasteiger partial charge in [0.1, 0.15) is 23.9 Å². The molecule has 1 aromatic heterocycles. The standard InChI is InChI=1S/C16H19ClFNO2/c1-16(2,3)19-9-15-11(6-7-20-15)10-21-12-4-5-14(18)13(17)8-12/h4-8,19H,9-10H2,1-3H3. The van der Waals surface area contributed by atoms with E-state index >= 15 is 0 Å². The van der Waals surface area contributed by atoms with Crippen LogP contribution in [0.1, 0.15) is 32.1 Å². The van der Waals surface area contributed by atoms with Gasteiger partial charge in [0, 0.05) is 17.2 Å². The summed E-state index contributed by atoms with van der Waals surface area (Å²) in [6.07, 6.45) is 1.63. The summed E-state index contributed by atoms with van der Waals surface area (Å²) in [5.74, 6) is 0.901. The second-order valence-corrected chi connectivity index (χ2v) is 6.24. The first-order valence-corrected chi connectivity index (χ1v) is 7.11. The van der Waals surface area contributed by atoms with Crippen molar-refractivity contribution >= 4 is 11.6 Å². The van der Waals surface area contributed by atoms with E-state index in [-0.39, 0.29) is 10.6 Å². The monoisotopic (exact) mass is 311 g/mol. The summed E-state index contributed by atoms with van der Waals surface area (Å²) in [6.45, 7) is 7.24. The minimum absolute atomic E-state index is 0.00932. The largest absolute Gasteiger partial charge is 0.489 e. The molecule has 0 aliphatic carbocycles. The van der Waals surface area contributed by atoms with Crippen molar-refractivity contribution in [2.24, 2.45) is 0 Å². The van der Waals surface area contributed by atoms with Crippen LogP contribution < -0.4 is 10.1 Å². The Hall–Kier alpha value is -1.52. The predicted molar refractivity (Wildman–Crippen MR) is 81.0 cm³/mol. The average molecular weight is 312 g/mol. The van der Waals surface area contributed by atoms with Gasteiger partial charge in [-0.25, -0.2) is 4.39 Å². The smallest absolute Gasteiger partial charge is 0.142 e. The quantitative estimate of drug-likeness (QED) is 0.880. The number of benzene rings is 1. The van der Waals surface area contributed by atoms with Crippen molar-refractivity contribution in [3.8, 4) is 5.75 Å². The van der Waals surface area contributed by atoms with Crippen LogP contribution in [-0.2, 0) is 13.2 Å². The lowest BCUT2D eigenvalue weighted by atomic mass is 10.1. The zero-order valence-electron chi connectivity index (χ0n) is 12.4. The van der Waals surface area contributed by atoms with Crippen molar-refractivity contribution in [1.82, 2.24) is 5.32 Å². The van der Waals surface area contributed by atoms with E-state index < -0.39 is 5.82 Å². The fraction of sp³-hybridized carbons (Fsp3) is 0.375. The van der Waals surface area contributed by atoms with Crippen LogP contribution in [0.3, 0.4) is 0 Å². The molecule has 0 amide bonds. The number of rotatable bonds is 5. The highest BCUT2D eigenvalue weighted by atomic mass is 35.5. The number of furan rings is 1. The summed E-state index contributed by atoms with van der Waals surface area (Å²) < 4.78 is 24.2. The molecular weight excluding hydrogens is 293 g/mol. The molecule has 21 heavy (non-hydrogen) atoms. The van der Waals surface area contributed by atoms with Crippen LogP contribution in [0.2, 0.25) is 5.02 Å². The fourth-order valence-corrected chi connectivity index (χ4v) is 1.89. The molecule has 0 radical (unpaired) electrons. The third-order valence-corrected chi connectivity index (χ3v) is 3.19. The third-order valence-electron chi connectivity index (χ3n) is 2.90. The van der Waals surface area contributed by atoms with Gasteiger partial charge in [0.2, 0.25) is 0 Å². The summed E-state index contributed by atoms with van der Waals surface area (Å²) in [7, 11) is 0. The molecule has 0 spiro atoms. The van der Waals surface area contributed by atoms with Gasteiger partial charge in [0.15, 0.2) is 0 Å². The molecule has 1 aromatic carbocycles. The summed E-state index contributed by atoms with van der Waals surface area (Å²) in [5, 5.41) is 3.41. The van der Waals surface area contributed by atoms with E-state index in [0.717, 1.165) is 11.3 Å². The SMILES string of the molecule is CC(C)(C)NCc1occc1COc1ccc(F)c(Cl)c1. The summed E-state index contributed by atoms with van der Waals surface area (Å²) >= 11 is 5.72. The van der Waals surface area contributed by atoms with Crippen molar-refractivity contribution in [2.45, 2.75) is 39.5 Å². The molecule has 0 fully saturated rings. The highest BCUT2D eigenvalue weighted by Crippen LogP contribution is 2.22. The minimum Gasteiger partial charge on any atom is -0.489 e. The predicted octanol–water partition coefficient (Wildman–Crippen LogP) is 4.54. The number of hydrogen-bond donors (Lipinski definition) is 1. The molecule has 2 aromatic rings. The van der Waals surface area contributed by atoms with Crippen molar-refractivity contribution < 1.29 is 13.5 Å². The first kappa shape index (κ1) is 15.9. The van der Waals surface area contributed by atoms with Crippen LogP contribution in [-0.4, -0.2) is 5.54 Å². The molecule has 0 aliphatic heterocycles. The van der Waals surface area contributed by atoms with E-state index in [2.05, 4.69) is 26.1 Å². The van der Waals surface area contributed by atoms with Crippen LogP contribution in [0.5, 0.6) is 5.75 Å². The molecule has 2 rings (SSSR count). The van der Waals surface area contributed by atoms with Crippen LogP contribution in [0.15, 0.2) is 34.9 Å². The Kier molecular flexibility index (Phi) is 4.91. The van der Waals surface area contributed by atoms with Gasteiger partial charge in [-0.15, -0.1) is 0 Å². The van der Waals surface area contributed by atoms with Gasteiger partial charge in [0.25, 0.3) is 0 Å². The van der Waals surface area contributed by atoms with Crippen LogP contribution in [0.25, 0.3) is 0 Å². The zero-order valence-corrected chi connectivity index (χ0v) is 13.1. The normalized spacial score (nSPS) is 11.7. The van der Waals surface area contributed by atoms with Gasteiger partial charge in [0.05, 0.1) is 17.8 Å². The maximum atomic E-state index is 13.1. The minimum atomic E-state index is -0.456. The van der Waals surface area contributed by atoms with E-state index in [1.54, 1.807) is 12.3 Å². The molecule has 1 N–H and O–H groups in total. The lowest BCUT2D eigenvalue weighted by molar-refractivity contribution is 0.298. The van der Waals surface area contributed by atoms with Crippen molar-refractivity contribution in [3.63, 3.8) is 0 Å². The second kappa shape index (κ2) is 6.50.